The fourth-order valence-electron chi connectivity index (χ4n) is 4.16. The first-order valence-corrected chi connectivity index (χ1v) is 6.05. The van der Waals surface area contributed by atoms with Crippen molar-refractivity contribution in [2.24, 2.45) is 10.8 Å². The van der Waals surface area contributed by atoms with Crippen molar-refractivity contribution in [1.82, 2.24) is 0 Å². The van der Waals surface area contributed by atoms with Crippen LogP contribution in [0.5, 0.6) is 0 Å². The van der Waals surface area contributed by atoms with Crippen molar-refractivity contribution >= 4 is 5.78 Å². The first kappa shape index (κ1) is 10.1. The summed E-state index contributed by atoms with van der Waals surface area (Å²) in [5.41, 5.74) is 5.60. The van der Waals surface area contributed by atoms with Crippen LogP contribution in [0.2, 0.25) is 0 Å². The third kappa shape index (κ3) is 0.795. The van der Waals surface area contributed by atoms with Crippen molar-refractivity contribution in [2.75, 3.05) is 0 Å². The molecule has 0 aromatic carbocycles. The van der Waals surface area contributed by atoms with E-state index in [1.165, 1.54) is 16.7 Å². The summed E-state index contributed by atoms with van der Waals surface area (Å²) in [7, 11) is 0. The lowest BCUT2D eigenvalue weighted by Gasteiger charge is -2.34. The van der Waals surface area contributed by atoms with Crippen LogP contribution in [0.15, 0.2) is 34.4 Å². The summed E-state index contributed by atoms with van der Waals surface area (Å²) in [6, 6.07) is 0. The molecule has 1 nitrogen and oxygen atoms in total. The van der Waals surface area contributed by atoms with Crippen LogP contribution in [0, 0.1) is 10.8 Å². The number of rotatable bonds is 0. The molecule has 0 aliphatic heterocycles. The van der Waals surface area contributed by atoms with Gasteiger partial charge in [0.15, 0.2) is 5.78 Å². The highest BCUT2D eigenvalue weighted by molar-refractivity contribution is 6.08. The van der Waals surface area contributed by atoms with Gasteiger partial charge in [-0.3, -0.25) is 4.79 Å². The molecule has 16 heavy (non-hydrogen) atoms. The molecular weight excluding hydrogens is 196 g/mol. The summed E-state index contributed by atoms with van der Waals surface area (Å²) in [6.07, 6.45) is 5.96. The summed E-state index contributed by atoms with van der Waals surface area (Å²) in [6.45, 7) is 8.92. The Labute approximate surface area is 96.9 Å². The quantitative estimate of drug-likeness (QED) is 0.563. The lowest BCUT2D eigenvalue weighted by atomic mass is 9.69. The second-order valence-corrected chi connectivity index (χ2v) is 5.81. The molecule has 84 valence electrons. The summed E-state index contributed by atoms with van der Waals surface area (Å²) >= 11 is 0. The van der Waals surface area contributed by atoms with Gasteiger partial charge < -0.3 is 0 Å². The van der Waals surface area contributed by atoms with Crippen molar-refractivity contribution in [1.29, 1.82) is 0 Å². The fraction of sp³-hybridized carbons (Fsp3) is 0.533. The maximum atomic E-state index is 12.1. The standard InChI is InChI=1S/C15H18O/c1-9-10(2)15-7-5-6-12(16)13(15)11(3)14(9,4)8-15/h5-6H,7-8H2,1-4H3. The van der Waals surface area contributed by atoms with E-state index in [1.807, 2.05) is 0 Å². The molecule has 1 heteroatoms. The average Bonchev–Trinajstić information content (AvgIpc) is 2.58. The Morgan fingerprint density at radius 2 is 1.81 bits per heavy atom. The molecule has 0 fully saturated rings. The van der Waals surface area contributed by atoms with Crippen molar-refractivity contribution in [3.8, 4) is 0 Å². The minimum atomic E-state index is 0.0642. The Hall–Kier alpha value is -1.11. The zero-order valence-electron chi connectivity index (χ0n) is 10.5. The molecule has 2 unspecified atom stereocenters. The van der Waals surface area contributed by atoms with Crippen molar-refractivity contribution in [3.05, 3.63) is 34.4 Å². The molecule has 3 aliphatic rings. The third-order valence-electron chi connectivity index (χ3n) is 5.43. The number of hydrogen-bond donors (Lipinski definition) is 0. The van der Waals surface area contributed by atoms with Gasteiger partial charge in [-0.1, -0.05) is 29.7 Å². The van der Waals surface area contributed by atoms with E-state index >= 15 is 0 Å². The summed E-state index contributed by atoms with van der Waals surface area (Å²) in [4.78, 5) is 12.1. The van der Waals surface area contributed by atoms with E-state index in [1.54, 1.807) is 6.08 Å². The fourth-order valence-corrected chi connectivity index (χ4v) is 4.16. The van der Waals surface area contributed by atoms with E-state index < -0.39 is 0 Å². The van der Waals surface area contributed by atoms with Gasteiger partial charge in [-0.25, -0.2) is 0 Å². The number of carbonyl (C=O) groups excluding carboxylic acids is 1. The smallest absolute Gasteiger partial charge is 0.182 e. The monoisotopic (exact) mass is 214 g/mol. The molecule has 0 aromatic heterocycles. The third-order valence-corrected chi connectivity index (χ3v) is 5.43. The summed E-state index contributed by atoms with van der Waals surface area (Å²) in [5.74, 6) is 0.249. The molecule has 0 amide bonds. The Morgan fingerprint density at radius 1 is 1.12 bits per heavy atom. The molecule has 3 rings (SSSR count). The molecule has 0 radical (unpaired) electrons. The number of carbonyl (C=O) groups is 1. The van der Waals surface area contributed by atoms with Crippen LogP contribution in [-0.4, -0.2) is 5.78 Å². The molecule has 0 N–H and O–H groups in total. The number of fused-ring (bicyclic) bond motifs is 1. The molecule has 3 aliphatic carbocycles. The average molecular weight is 214 g/mol. The van der Waals surface area contributed by atoms with Crippen molar-refractivity contribution in [2.45, 2.75) is 40.5 Å². The van der Waals surface area contributed by atoms with Crippen LogP contribution in [0.1, 0.15) is 40.5 Å². The highest BCUT2D eigenvalue weighted by Crippen LogP contribution is 2.68. The van der Waals surface area contributed by atoms with E-state index in [-0.39, 0.29) is 16.6 Å². The van der Waals surface area contributed by atoms with Gasteiger partial charge >= 0.3 is 0 Å². The van der Waals surface area contributed by atoms with Crippen LogP contribution >= 0.6 is 0 Å². The molecular formula is C15H18O. The topological polar surface area (TPSA) is 17.1 Å². The predicted molar refractivity (Wildman–Crippen MR) is 65.0 cm³/mol. The molecule has 2 bridgehead atoms. The van der Waals surface area contributed by atoms with Gasteiger partial charge in [0.1, 0.15) is 0 Å². The number of hydrogen-bond acceptors (Lipinski definition) is 1. The molecule has 0 aromatic rings. The van der Waals surface area contributed by atoms with Crippen LogP contribution in [0.4, 0.5) is 0 Å². The normalized spacial score (nSPS) is 41.1. The minimum Gasteiger partial charge on any atom is -0.290 e. The first-order valence-electron chi connectivity index (χ1n) is 6.05. The maximum absolute atomic E-state index is 12.1. The van der Waals surface area contributed by atoms with Gasteiger partial charge in [-0.05, 0) is 39.7 Å². The van der Waals surface area contributed by atoms with E-state index in [0.29, 0.717) is 0 Å². The van der Waals surface area contributed by atoms with E-state index in [2.05, 4.69) is 33.8 Å². The highest BCUT2D eigenvalue weighted by atomic mass is 16.1. The molecule has 0 heterocycles. The predicted octanol–water partition coefficient (Wildman–Crippen LogP) is 3.58. The largest absolute Gasteiger partial charge is 0.290 e. The second-order valence-electron chi connectivity index (χ2n) is 5.81. The maximum Gasteiger partial charge on any atom is 0.182 e. The van der Waals surface area contributed by atoms with Gasteiger partial charge in [0.2, 0.25) is 0 Å². The Balaban J connectivity index is 2.33. The van der Waals surface area contributed by atoms with Crippen LogP contribution in [0.25, 0.3) is 0 Å². The van der Waals surface area contributed by atoms with Gasteiger partial charge in [0, 0.05) is 16.4 Å². The van der Waals surface area contributed by atoms with Crippen LogP contribution in [-0.2, 0) is 4.79 Å². The minimum absolute atomic E-state index is 0.0642. The van der Waals surface area contributed by atoms with Gasteiger partial charge in [0.25, 0.3) is 0 Å². The lowest BCUT2D eigenvalue weighted by Crippen LogP contribution is -2.27. The number of allylic oxidation sites excluding steroid dienone is 6. The van der Waals surface area contributed by atoms with E-state index in [4.69, 9.17) is 0 Å². The zero-order valence-corrected chi connectivity index (χ0v) is 10.5. The Kier molecular flexibility index (Phi) is 1.63. The van der Waals surface area contributed by atoms with Gasteiger partial charge in [0.05, 0.1) is 0 Å². The lowest BCUT2D eigenvalue weighted by molar-refractivity contribution is -0.112. The Bertz CT molecular complexity index is 504. The Morgan fingerprint density at radius 3 is 2.50 bits per heavy atom. The number of ketones is 1. The molecule has 0 saturated carbocycles. The molecule has 2 atom stereocenters. The first-order chi connectivity index (χ1) is 7.43. The van der Waals surface area contributed by atoms with Crippen LogP contribution in [0.3, 0.4) is 0 Å². The second kappa shape index (κ2) is 2.58. The highest BCUT2D eigenvalue weighted by Gasteiger charge is 2.59. The van der Waals surface area contributed by atoms with Crippen LogP contribution < -0.4 is 0 Å². The van der Waals surface area contributed by atoms with Gasteiger partial charge in [-0.2, -0.15) is 0 Å². The van der Waals surface area contributed by atoms with Gasteiger partial charge in [-0.15, -0.1) is 0 Å². The molecule has 1 spiro atoms. The zero-order chi connectivity index (χ0) is 11.7. The summed E-state index contributed by atoms with van der Waals surface area (Å²) < 4.78 is 0. The summed E-state index contributed by atoms with van der Waals surface area (Å²) in [5, 5.41) is 0. The van der Waals surface area contributed by atoms with Crippen molar-refractivity contribution < 1.29 is 4.79 Å². The van der Waals surface area contributed by atoms with Crippen molar-refractivity contribution in [3.63, 3.8) is 0 Å². The SMILES string of the molecule is CC1=C(C)C23CC=CC(=O)C2=C(C)C1(C)C3. The molecule has 0 saturated heterocycles. The van der Waals surface area contributed by atoms with E-state index in [9.17, 15) is 4.79 Å². The van der Waals surface area contributed by atoms with E-state index in [0.717, 1.165) is 18.4 Å².